The van der Waals surface area contributed by atoms with E-state index in [1.165, 1.54) is 19.4 Å². The van der Waals surface area contributed by atoms with Crippen LogP contribution in [0.1, 0.15) is 32.1 Å². The summed E-state index contributed by atoms with van der Waals surface area (Å²) in [7, 11) is 2.15. The maximum Gasteiger partial charge on any atom is 0.220 e. The van der Waals surface area contributed by atoms with Gasteiger partial charge in [-0.2, -0.15) is 0 Å². The van der Waals surface area contributed by atoms with E-state index in [2.05, 4.69) is 22.6 Å². The molecule has 2 rings (SSSR count). The van der Waals surface area contributed by atoms with Gasteiger partial charge in [-0.25, -0.2) is 0 Å². The number of hydrogen-bond acceptors (Lipinski definition) is 3. The smallest absolute Gasteiger partial charge is 0.220 e. The van der Waals surface area contributed by atoms with E-state index in [1.54, 1.807) is 0 Å². The minimum Gasteiger partial charge on any atom is -0.355 e. The molecular formula is C13H27Cl2N3O. The zero-order valence-corrected chi connectivity index (χ0v) is 13.3. The number of piperidine rings is 1. The van der Waals surface area contributed by atoms with Crippen LogP contribution >= 0.6 is 24.8 Å². The maximum absolute atomic E-state index is 11.8. The van der Waals surface area contributed by atoms with E-state index in [0.717, 1.165) is 38.9 Å². The number of likely N-dealkylation sites (N-methyl/N-ethyl adjacent to an activating group) is 1. The first kappa shape index (κ1) is 19.0. The topological polar surface area (TPSA) is 44.4 Å². The number of carbonyl (C=O) groups is 1. The quantitative estimate of drug-likeness (QED) is 0.825. The lowest BCUT2D eigenvalue weighted by atomic mass is 9.94. The Kier molecular flexibility index (Phi) is 9.79. The molecule has 2 saturated heterocycles. The van der Waals surface area contributed by atoms with Gasteiger partial charge in [-0.1, -0.05) is 0 Å². The lowest BCUT2D eigenvalue weighted by molar-refractivity contribution is -0.122. The van der Waals surface area contributed by atoms with Crippen LogP contribution in [0, 0.1) is 5.92 Å². The van der Waals surface area contributed by atoms with Gasteiger partial charge >= 0.3 is 0 Å². The fourth-order valence-electron chi connectivity index (χ4n) is 2.89. The van der Waals surface area contributed by atoms with Gasteiger partial charge in [0.25, 0.3) is 0 Å². The molecule has 2 fully saturated rings. The van der Waals surface area contributed by atoms with Crippen molar-refractivity contribution in [1.29, 1.82) is 0 Å². The van der Waals surface area contributed by atoms with E-state index in [9.17, 15) is 4.79 Å². The standard InChI is InChI=1S/C13H25N3O.2ClH/c1-16-8-2-3-12(16)10-15-13(17)9-11-4-6-14-7-5-11;;/h11-12,14H,2-10H2,1H3,(H,15,17);2*1H. The third-order valence-corrected chi connectivity index (χ3v) is 4.14. The Morgan fingerprint density at radius 3 is 2.53 bits per heavy atom. The van der Waals surface area contributed by atoms with Gasteiger partial charge in [0.2, 0.25) is 5.91 Å². The van der Waals surface area contributed by atoms with Crippen LogP contribution in [-0.4, -0.2) is 50.1 Å². The van der Waals surface area contributed by atoms with Crippen LogP contribution in [0.2, 0.25) is 0 Å². The average molecular weight is 312 g/mol. The predicted molar refractivity (Wildman–Crippen MR) is 83.4 cm³/mol. The molecule has 0 radical (unpaired) electrons. The zero-order chi connectivity index (χ0) is 12.1. The van der Waals surface area contributed by atoms with Crippen LogP contribution in [0.15, 0.2) is 0 Å². The molecule has 0 spiro atoms. The molecule has 19 heavy (non-hydrogen) atoms. The lowest BCUT2D eigenvalue weighted by Gasteiger charge is -2.23. The molecule has 0 aromatic heterocycles. The monoisotopic (exact) mass is 311 g/mol. The third kappa shape index (κ3) is 6.30. The Hall–Kier alpha value is -0.0300. The van der Waals surface area contributed by atoms with Crippen molar-refractivity contribution in [2.45, 2.75) is 38.1 Å². The summed E-state index contributed by atoms with van der Waals surface area (Å²) in [5, 5.41) is 6.43. The molecule has 2 aliphatic heterocycles. The summed E-state index contributed by atoms with van der Waals surface area (Å²) in [6, 6.07) is 0.562. The van der Waals surface area contributed by atoms with Gasteiger partial charge < -0.3 is 15.5 Å². The summed E-state index contributed by atoms with van der Waals surface area (Å²) in [4.78, 5) is 14.2. The van der Waals surface area contributed by atoms with Gasteiger partial charge in [-0.3, -0.25) is 4.79 Å². The number of amides is 1. The minimum absolute atomic E-state index is 0. The van der Waals surface area contributed by atoms with Crippen LogP contribution in [0.3, 0.4) is 0 Å². The minimum atomic E-state index is 0. The second-order valence-electron chi connectivity index (χ2n) is 5.48. The van der Waals surface area contributed by atoms with Crippen LogP contribution in [0.5, 0.6) is 0 Å². The number of likely N-dealkylation sites (tertiary alicyclic amines) is 1. The Balaban J connectivity index is 0.00000162. The second kappa shape index (κ2) is 9.81. The number of nitrogens with one attached hydrogen (secondary N) is 2. The van der Waals surface area contributed by atoms with Crippen LogP contribution in [-0.2, 0) is 4.79 Å². The molecule has 1 unspecified atom stereocenters. The average Bonchev–Trinajstić information content (AvgIpc) is 2.74. The Morgan fingerprint density at radius 2 is 1.95 bits per heavy atom. The molecule has 0 bridgehead atoms. The van der Waals surface area contributed by atoms with Crippen molar-refractivity contribution in [2.24, 2.45) is 5.92 Å². The molecule has 0 aromatic carbocycles. The molecule has 0 aliphatic carbocycles. The molecule has 2 aliphatic rings. The predicted octanol–water partition coefficient (Wildman–Crippen LogP) is 1.43. The molecular weight excluding hydrogens is 285 g/mol. The van der Waals surface area contributed by atoms with Gasteiger partial charge in [-0.05, 0) is 58.3 Å². The molecule has 1 amide bonds. The summed E-state index contributed by atoms with van der Waals surface area (Å²) in [5.74, 6) is 0.842. The Morgan fingerprint density at radius 1 is 1.26 bits per heavy atom. The number of rotatable bonds is 4. The highest BCUT2D eigenvalue weighted by Crippen LogP contribution is 2.16. The van der Waals surface area contributed by atoms with Crippen LogP contribution in [0.4, 0.5) is 0 Å². The molecule has 114 valence electrons. The number of carbonyl (C=O) groups excluding carboxylic acids is 1. The first-order valence-corrected chi connectivity index (χ1v) is 6.93. The summed E-state index contributed by atoms with van der Waals surface area (Å²) >= 11 is 0. The fourth-order valence-corrected chi connectivity index (χ4v) is 2.89. The van der Waals surface area contributed by atoms with Crippen molar-refractivity contribution in [3.8, 4) is 0 Å². The second-order valence-corrected chi connectivity index (χ2v) is 5.48. The first-order chi connectivity index (χ1) is 8.25. The van der Waals surface area contributed by atoms with Gasteiger partial charge in [0.1, 0.15) is 0 Å². The van der Waals surface area contributed by atoms with E-state index >= 15 is 0 Å². The van der Waals surface area contributed by atoms with Crippen molar-refractivity contribution in [2.75, 3.05) is 33.2 Å². The highest BCUT2D eigenvalue weighted by Gasteiger charge is 2.22. The van der Waals surface area contributed by atoms with Gasteiger partial charge in [0, 0.05) is 19.0 Å². The Bertz CT molecular complexity index is 260. The normalized spacial score (nSPS) is 24.4. The number of hydrogen-bond donors (Lipinski definition) is 2. The summed E-state index contributed by atoms with van der Waals surface area (Å²) in [6.07, 6.45) is 5.51. The van der Waals surface area contributed by atoms with Crippen molar-refractivity contribution >= 4 is 30.7 Å². The highest BCUT2D eigenvalue weighted by molar-refractivity contribution is 5.85. The van der Waals surface area contributed by atoms with Gasteiger partial charge in [0.05, 0.1) is 0 Å². The number of nitrogens with zero attached hydrogens (tertiary/aromatic N) is 1. The molecule has 0 aromatic rings. The fraction of sp³-hybridized carbons (Fsp3) is 0.923. The molecule has 6 heteroatoms. The summed E-state index contributed by atoms with van der Waals surface area (Å²) in [6.45, 7) is 4.15. The van der Waals surface area contributed by atoms with Crippen LogP contribution in [0.25, 0.3) is 0 Å². The van der Waals surface area contributed by atoms with E-state index in [4.69, 9.17) is 0 Å². The van der Waals surface area contributed by atoms with Crippen molar-refractivity contribution in [3.05, 3.63) is 0 Å². The number of halogens is 2. The maximum atomic E-state index is 11.8. The summed E-state index contributed by atoms with van der Waals surface area (Å²) < 4.78 is 0. The van der Waals surface area contributed by atoms with Crippen molar-refractivity contribution < 1.29 is 4.79 Å². The molecule has 2 N–H and O–H groups in total. The molecule has 1 atom stereocenters. The summed E-state index contributed by atoms with van der Waals surface area (Å²) in [5.41, 5.74) is 0. The van der Waals surface area contributed by atoms with Gasteiger partial charge in [-0.15, -0.1) is 24.8 Å². The van der Waals surface area contributed by atoms with E-state index in [1.807, 2.05) is 0 Å². The first-order valence-electron chi connectivity index (χ1n) is 6.93. The molecule has 0 saturated carbocycles. The van der Waals surface area contributed by atoms with E-state index < -0.39 is 0 Å². The third-order valence-electron chi connectivity index (χ3n) is 4.14. The zero-order valence-electron chi connectivity index (χ0n) is 11.7. The SMILES string of the molecule is CN1CCCC1CNC(=O)CC1CCNCC1.Cl.Cl. The van der Waals surface area contributed by atoms with Gasteiger partial charge in [0.15, 0.2) is 0 Å². The molecule has 2 heterocycles. The van der Waals surface area contributed by atoms with E-state index in [-0.39, 0.29) is 30.7 Å². The Labute approximate surface area is 128 Å². The van der Waals surface area contributed by atoms with Crippen molar-refractivity contribution in [3.63, 3.8) is 0 Å². The molecule has 4 nitrogen and oxygen atoms in total. The lowest BCUT2D eigenvalue weighted by Crippen LogP contribution is -2.39. The van der Waals surface area contributed by atoms with Crippen LogP contribution < -0.4 is 10.6 Å². The van der Waals surface area contributed by atoms with E-state index in [0.29, 0.717) is 12.0 Å². The highest BCUT2D eigenvalue weighted by atomic mass is 35.5. The largest absolute Gasteiger partial charge is 0.355 e. The van der Waals surface area contributed by atoms with Crippen molar-refractivity contribution in [1.82, 2.24) is 15.5 Å².